The first-order valence-electron chi connectivity index (χ1n) is 7.68. The third kappa shape index (κ3) is 5.79. The monoisotopic (exact) mass is 399 g/mol. The lowest BCUT2D eigenvalue weighted by Gasteiger charge is -2.08. The van der Waals surface area contributed by atoms with Crippen molar-refractivity contribution in [3.05, 3.63) is 64.2 Å². The second kappa shape index (κ2) is 8.64. The maximum absolute atomic E-state index is 13.5. The van der Waals surface area contributed by atoms with Crippen LogP contribution in [0, 0.1) is 21.7 Å². The molecule has 0 bridgehead atoms. The quantitative estimate of drug-likeness (QED) is 0.402. The van der Waals surface area contributed by atoms with Crippen LogP contribution in [0.1, 0.15) is 12.8 Å². The molecule has 0 atom stereocenters. The van der Waals surface area contributed by atoms with E-state index in [9.17, 15) is 32.1 Å². The summed E-state index contributed by atoms with van der Waals surface area (Å²) in [4.78, 5) is 21.2. The summed E-state index contributed by atoms with van der Waals surface area (Å²) in [5.74, 6) is -2.59. The Labute approximate surface area is 153 Å². The van der Waals surface area contributed by atoms with Crippen LogP contribution in [0.2, 0.25) is 0 Å². The largest absolute Gasteiger partial charge is 0.326 e. The fraction of sp³-hybridized carbons (Fsp3) is 0.188. The fourth-order valence-electron chi connectivity index (χ4n) is 2.15. The van der Waals surface area contributed by atoms with Gasteiger partial charge in [0.2, 0.25) is 15.9 Å². The number of carbonyl (C=O) groups is 1. The van der Waals surface area contributed by atoms with Crippen LogP contribution in [0.4, 0.5) is 20.2 Å². The topological polar surface area (TPSA) is 118 Å². The van der Waals surface area contributed by atoms with Crippen molar-refractivity contribution >= 4 is 27.3 Å². The van der Waals surface area contributed by atoms with Crippen molar-refractivity contribution in [2.75, 3.05) is 11.9 Å². The predicted octanol–water partition coefficient (Wildman–Crippen LogP) is 2.57. The molecule has 0 fully saturated rings. The minimum absolute atomic E-state index is 0.0723. The Bertz CT molecular complexity index is 966. The molecule has 2 aromatic rings. The maximum atomic E-state index is 13.5. The molecule has 0 saturated carbocycles. The van der Waals surface area contributed by atoms with E-state index in [0.29, 0.717) is 6.07 Å². The lowest BCUT2D eigenvalue weighted by Crippen LogP contribution is -2.26. The maximum Gasteiger partial charge on any atom is 0.271 e. The Hall–Kier alpha value is -2.92. The summed E-state index contributed by atoms with van der Waals surface area (Å²) in [5, 5.41) is 13.1. The predicted molar refractivity (Wildman–Crippen MR) is 92.5 cm³/mol. The van der Waals surface area contributed by atoms with E-state index in [1.165, 1.54) is 24.3 Å². The summed E-state index contributed by atoms with van der Waals surface area (Å²) in [5.41, 5.74) is 0.0602. The summed E-state index contributed by atoms with van der Waals surface area (Å²) in [6.45, 7) is -0.151. The van der Waals surface area contributed by atoms with Crippen molar-refractivity contribution < 1.29 is 26.9 Å². The minimum atomic E-state index is -4.18. The van der Waals surface area contributed by atoms with Gasteiger partial charge in [0.15, 0.2) is 0 Å². The molecule has 2 rings (SSSR count). The lowest BCUT2D eigenvalue weighted by molar-refractivity contribution is -0.384. The van der Waals surface area contributed by atoms with Crippen LogP contribution < -0.4 is 10.0 Å². The zero-order valence-electron chi connectivity index (χ0n) is 13.8. The van der Waals surface area contributed by atoms with E-state index in [-0.39, 0.29) is 30.8 Å². The molecule has 2 aromatic carbocycles. The first-order chi connectivity index (χ1) is 12.7. The van der Waals surface area contributed by atoms with Crippen molar-refractivity contribution in [3.63, 3.8) is 0 Å². The number of hydrogen-bond donors (Lipinski definition) is 2. The highest BCUT2D eigenvalue weighted by molar-refractivity contribution is 7.89. The van der Waals surface area contributed by atoms with Gasteiger partial charge >= 0.3 is 0 Å². The van der Waals surface area contributed by atoms with E-state index in [1.807, 2.05) is 0 Å². The number of nitrogens with zero attached hydrogens (tertiary/aromatic N) is 1. The number of carbonyl (C=O) groups excluding carboxylic acids is 1. The second-order valence-electron chi connectivity index (χ2n) is 5.43. The van der Waals surface area contributed by atoms with Crippen LogP contribution in [-0.4, -0.2) is 25.8 Å². The second-order valence-corrected chi connectivity index (χ2v) is 7.17. The number of nitro benzene ring substituents is 1. The third-order valence-corrected chi connectivity index (χ3v) is 4.89. The van der Waals surface area contributed by atoms with Crippen molar-refractivity contribution in [3.8, 4) is 0 Å². The van der Waals surface area contributed by atoms with Crippen LogP contribution in [0.3, 0.4) is 0 Å². The summed E-state index contributed by atoms with van der Waals surface area (Å²) < 4.78 is 52.4. The van der Waals surface area contributed by atoms with E-state index in [2.05, 4.69) is 10.0 Å². The van der Waals surface area contributed by atoms with Crippen molar-refractivity contribution in [2.24, 2.45) is 0 Å². The number of nitrogens with one attached hydrogen (secondary N) is 2. The van der Waals surface area contributed by atoms with Crippen LogP contribution in [0.25, 0.3) is 0 Å². The molecule has 1 amide bonds. The van der Waals surface area contributed by atoms with E-state index in [0.717, 1.165) is 12.1 Å². The molecule has 0 heterocycles. The minimum Gasteiger partial charge on any atom is -0.326 e. The van der Waals surface area contributed by atoms with Crippen LogP contribution in [0.5, 0.6) is 0 Å². The van der Waals surface area contributed by atoms with Crippen LogP contribution in [0.15, 0.2) is 47.4 Å². The molecule has 0 aliphatic carbocycles. The van der Waals surface area contributed by atoms with Gasteiger partial charge in [0.1, 0.15) is 16.5 Å². The first-order valence-corrected chi connectivity index (χ1v) is 9.16. The number of nitro groups is 1. The first kappa shape index (κ1) is 20.4. The highest BCUT2D eigenvalue weighted by Crippen LogP contribution is 2.17. The number of amides is 1. The Morgan fingerprint density at radius 1 is 1.15 bits per heavy atom. The smallest absolute Gasteiger partial charge is 0.271 e. The van der Waals surface area contributed by atoms with Gasteiger partial charge in [-0.05, 0) is 24.6 Å². The molecule has 0 spiro atoms. The van der Waals surface area contributed by atoms with Gasteiger partial charge in [0.05, 0.1) is 4.92 Å². The Balaban J connectivity index is 1.84. The molecule has 0 radical (unpaired) electrons. The summed E-state index contributed by atoms with van der Waals surface area (Å²) in [6.07, 6.45) is 0.0277. The molecule has 8 nitrogen and oxygen atoms in total. The highest BCUT2D eigenvalue weighted by Gasteiger charge is 2.19. The Kier molecular flexibility index (Phi) is 6.53. The number of sulfonamides is 1. The lowest BCUT2D eigenvalue weighted by atomic mass is 10.2. The van der Waals surface area contributed by atoms with Crippen molar-refractivity contribution in [1.82, 2.24) is 4.72 Å². The number of non-ortho nitro benzene ring substituents is 1. The van der Waals surface area contributed by atoms with Gasteiger partial charge in [-0.1, -0.05) is 6.07 Å². The van der Waals surface area contributed by atoms with Crippen LogP contribution in [-0.2, 0) is 14.8 Å². The molecule has 144 valence electrons. The van der Waals surface area contributed by atoms with E-state index < -0.39 is 37.4 Å². The van der Waals surface area contributed by atoms with Gasteiger partial charge in [-0.15, -0.1) is 0 Å². The average Bonchev–Trinajstić information content (AvgIpc) is 2.58. The Morgan fingerprint density at radius 2 is 1.89 bits per heavy atom. The Morgan fingerprint density at radius 3 is 2.56 bits per heavy atom. The molecular formula is C16H15F2N3O5S. The molecule has 0 aliphatic heterocycles. The van der Waals surface area contributed by atoms with Gasteiger partial charge in [0, 0.05) is 36.9 Å². The van der Waals surface area contributed by atoms with Crippen molar-refractivity contribution in [1.29, 1.82) is 0 Å². The van der Waals surface area contributed by atoms with E-state index in [4.69, 9.17) is 0 Å². The van der Waals surface area contributed by atoms with Crippen LogP contribution >= 0.6 is 0 Å². The van der Waals surface area contributed by atoms with Crippen molar-refractivity contribution in [2.45, 2.75) is 17.7 Å². The van der Waals surface area contributed by atoms with Gasteiger partial charge in [0.25, 0.3) is 5.69 Å². The molecule has 27 heavy (non-hydrogen) atoms. The highest BCUT2D eigenvalue weighted by atomic mass is 32.2. The summed E-state index contributed by atoms with van der Waals surface area (Å²) >= 11 is 0. The third-order valence-electron chi connectivity index (χ3n) is 3.40. The van der Waals surface area contributed by atoms with Gasteiger partial charge in [-0.2, -0.15) is 0 Å². The SMILES string of the molecule is O=C(CCCNS(=O)(=O)c1ccc(F)cc1F)Nc1cccc([N+](=O)[O-])c1. The zero-order valence-corrected chi connectivity index (χ0v) is 14.6. The molecular weight excluding hydrogens is 384 g/mol. The molecule has 0 unspecified atom stereocenters. The summed E-state index contributed by atoms with van der Waals surface area (Å²) in [6, 6.07) is 7.45. The summed E-state index contributed by atoms with van der Waals surface area (Å²) in [7, 11) is -4.18. The molecule has 11 heteroatoms. The average molecular weight is 399 g/mol. The number of benzene rings is 2. The molecule has 0 aliphatic rings. The molecule has 0 aromatic heterocycles. The van der Waals surface area contributed by atoms with E-state index >= 15 is 0 Å². The molecule has 0 saturated heterocycles. The van der Waals surface area contributed by atoms with E-state index in [1.54, 1.807) is 0 Å². The van der Waals surface area contributed by atoms with Gasteiger partial charge < -0.3 is 5.32 Å². The standard InChI is InChI=1S/C16H15F2N3O5S/c17-11-6-7-15(14(18)9-11)27(25,26)19-8-2-5-16(22)20-12-3-1-4-13(10-12)21(23)24/h1,3-4,6-7,9-10,19H,2,5,8H2,(H,20,22). The van der Waals surface area contributed by atoms with Gasteiger partial charge in [-0.25, -0.2) is 21.9 Å². The number of anilines is 1. The molecule has 2 N–H and O–H groups in total. The fourth-order valence-corrected chi connectivity index (χ4v) is 3.28. The number of hydrogen-bond acceptors (Lipinski definition) is 5. The number of halogens is 2. The van der Waals surface area contributed by atoms with Gasteiger partial charge in [-0.3, -0.25) is 14.9 Å². The number of rotatable bonds is 8. The normalized spacial score (nSPS) is 11.2. The zero-order chi connectivity index (χ0) is 20.0.